The van der Waals surface area contributed by atoms with Gasteiger partial charge in [0, 0.05) is 26.8 Å². The second-order valence-electron chi connectivity index (χ2n) is 5.56. The Balaban J connectivity index is 3.23. The maximum atomic E-state index is 11.2. The highest BCUT2D eigenvalue weighted by molar-refractivity contribution is 6.34. The van der Waals surface area contributed by atoms with Crippen LogP contribution in [0.3, 0.4) is 0 Å². The first-order valence-corrected chi connectivity index (χ1v) is 8.95. The molecule has 0 atom stereocenters. The summed E-state index contributed by atoms with van der Waals surface area (Å²) in [6.07, 6.45) is 14.9. The fourth-order valence-electron chi connectivity index (χ4n) is 2.16. The minimum absolute atomic E-state index is 0.552. The first kappa shape index (κ1) is 21.6. The fourth-order valence-corrected chi connectivity index (χ4v) is 2.16. The topological polar surface area (TPSA) is 67.4 Å². The van der Waals surface area contributed by atoms with E-state index in [1.54, 1.807) is 0 Å². The third-order valence-corrected chi connectivity index (χ3v) is 3.55. The number of likely N-dealkylation sites (N-methyl/N-ethyl adjacent to an activating group) is 1. The molecule has 0 saturated heterocycles. The standard InChI is InChI=1S/C18H34N2O3/c1-3-23-16-14-12-10-8-6-4-5-7-9-11-13-15-20-18(22)17(21)19-2/h5,7H,3-4,6,8-16H2,1-2H3,(H,19,21)(H,20,22)/b7-5-. The molecule has 5 heteroatoms. The van der Waals surface area contributed by atoms with E-state index in [1.807, 2.05) is 6.92 Å². The molecule has 0 heterocycles. The molecule has 0 aliphatic heterocycles. The Kier molecular flexibility index (Phi) is 16.0. The zero-order valence-corrected chi connectivity index (χ0v) is 14.9. The van der Waals surface area contributed by atoms with Gasteiger partial charge < -0.3 is 15.4 Å². The van der Waals surface area contributed by atoms with Crippen molar-refractivity contribution in [2.75, 3.05) is 26.8 Å². The molecule has 2 amide bonds. The van der Waals surface area contributed by atoms with Crippen LogP contribution in [-0.2, 0) is 14.3 Å². The lowest BCUT2D eigenvalue weighted by Crippen LogP contribution is -2.38. The second kappa shape index (κ2) is 17.0. The smallest absolute Gasteiger partial charge is 0.309 e. The highest BCUT2D eigenvalue weighted by atomic mass is 16.5. The average Bonchev–Trinajstić information content (AvgIpc) is 2.57. The predicted octanol–water partition coefficient (Wildman–Crippen LogP) is 2.95. The van der Waals surface area contributed by atoms with Crippen molar-refractivity contribution in [2.45, 2.75) is 64.7 Å². The molecule has 0 fully saturated rings. The van der Waals surface area contributed by atoms with Crippen molar-refractivity contribution in [3.8, 4) is 0 Å². The summed E-state index contributed by atoms with van der Waals surface area (Å²) >= 11 is 0. The molecule has 5 nitrogen and oxygen atoms in total. The molecule has 23 heavy (non-hydrogen) atoms. The van der Waals surface area contributed by atoms with E-state index in [4.69, 9.17) is 4.74 Å². The molecule has 0 saturated carbocycles. The summed E-state index contributed by atoms with van der Waals surface area (Å²) in [4.78, 5) is 22.1. The third kappa shape index (κ3) is 15.3. The van der Waals surface area contributed by atoms with Gasteiger partial charge in [-0.1, -0.05) is 31.4 Å². The summed E-state index contributed by atoms with van der Waals surface area (Å²) in [7, 11) is 1.45. The van der Waals surface area contributed by atoms with Crippen molar-refractivity contribution in [1.82, 2.24) is 10.6 Å². The normalized spacial score (nSPS) is 10.9. The number of carbonyl (C=O) groups is 2. The summed E-state index contributed by atoms with van der Waals surface area (Å²) in [5, 5.41) is 4.89. The van der Waals surface area contributed by atoms with Crippen molar-refractivity contribution in [2.24, 2.45) is 0 Å². The van der Waals surface area contributed by atoms with Crippen LogP contribution in [0.2, 0.25) is 0 Å². The van der Waals surface area contributed by atoms with E-state index >= 15 is 0 Å². The van der Waals surface area contributed by atoms with Crippen LogP contribution in [0.4, 0.5) is 0 Å². The van der Waals surface area contributed by atoms with Crippen LogP contribution in [-0.4, -0.2) is 38.6 Å². The van der Waals surface area contributed by atoms with Crippen molar-refractivity contribution in [3.05, 3.63) is 12.2 Å². The van der Waals surface area contributed by atoms with E-state index < -0.39 is 11.8 Å². The number of hydrogen-bond donors (Lipinski definition) is 2. The van der Waals surface area contributed by atoms with E-state index in [9.17, 15) is 9.59 Å². The summed E-state index contributed by atoms with van der Waals surface area (Å²) in [5.74, 6) is -1.13. The zero-order valence-electron chi connectivity index (χ0n) is 14.9. The molecule has 0 aliphatic carbocycles. The van der Waals surface area contributed by atoms with Gasteiger partial charge in [-0.3, -0.25) is 9.59 Å². The minimum atomic E-state index is -0.581. The molecule has 0 rings (SSSR count). The number of nitrogens with one attached hydrogen (secondary N) is 2. The molecule has 0 aromatic heterocycles. The molecule has 0 aliphatic rings. The van der Waals surface area contributed by atoms with Crippen LogP contribution in [0.5, 0.6) is 0 Å². The Hall–Kier alpha value is -1.36. The molecule has 134 valence electrons. The van der Waals surface area contributed by atoms with Gasteiger partial charge in [0.05, 0.1) is 0 Å². The second-order valence-corrected chi connectivity index (χ2v) is 5.56. The minimum Gasteiger partial charge on any atom is -0.382 e. The van der Waals surface area contributed by atoms with Gasteiger partial charge >= 0.3 is 11.8 Å². The summed E-state index contributed by atoms with van der Waals surface area (Å²) in [5.41, 5.74) is 0. The van der Waals surface area contributed by atoms with Gasteiger partial charge in [-0.05, 0) is 45.4 Å². The lowest BCUT2D eigenvalue weighted by Gasteiger charge is -2.02. The van der Waals surface area contributed by atoms with E-state index in [0.717, 1.165) is 38.9 Å². The van der Waals surface area contributed by atoms with E-state index in [-0.39, 0.29) is 0 Å². The van der Waals surface area contributed by atoms with Gasteiger partial charge in [0.25, 0.3) is 0 Å². The first-order chi connectivity index (χ1) is 11.2. The molecular formula is C18H34N2O3. The van der Waals surface area contributed by atoms with Gasteiger partial charge in [-0.2, -0.15) is 0 Å². The number of allylic oxidation sites excluding steroid dienone is 2. The van der Waals surface area contributed by atoms with Crippen LogP contribution in [0.1, 0.15) is 64.7 Å². The number of unbranched alkanes of at least 4 members (excludes halogenated alkanes) is 7. The Morgan fingerprint density at radius 2 is 1.48 bits per heavy atom. The fraction of sp³-hybridized carbons (Fsp3) is 0.778. The number of hydrogen-bond acceptors (Lipinski definition) is 3. The van der Waals surface area contributed by atoms with Gasteiger partial charge in [-0.15, -0.1) is 0 Å². The highest BCUT2D eigenvalue weighted by Gasteiger charge is 2.08. The van der Waals surface area contributed by atoms with Gasteiger partial charge in [0.1, 0.15) is 0 Å². The lowest BCUT2D eigenvalue weighted by atomic mass is 10.1. The first-order valence-electron chi connectivity index (χ1n) is 8.95. The lowest BCUT2D eigenvalue weighted by molar-refractivity contribution is -0.138. The van der Waals surface area contributed by atoms with Crippen LogP contribution >= 0.6 is 0 Å². The monoisotopic (exact) mass is 326 g/mol. The average molecular weight is 326 g/mol. The Morgan fingerprint density at radius 3 is 2.13 bits per heavy atom. The summed E-state index contributed by atoms with van der Waals surface area (Å²) in [6.45, 7) is 4.32. The number of carbonyl (C=O) groups excluding carboxylic acids is 2. The zero-order chi connectivity index (χ0) is 17.2. The van der Waals surface area contributed by atoms with Gasteiger partial charge in [0.2, 0.25) is 0 Å². The molecule has 0 radical (unpaired) electrons. The Morgan fingerprint density at radius 1 is 0.870 bits per heavy atom. The van der Waals surface area contributed by atoms with Crippen molar-refractivity contribution in [3.63, 3.8) is 0 Å². The summed E-state index contributed by atoms with van der Waals surface area (Å²) in [6, 6.07) is 0. The van der Waals surface area contributed by atoms with Crippen LogP contribution < -0.4 is 10.6 Å². The maximum Gasteiger partial charge on any atom is 0.309 e. The maximum absolute atomic E-state index is 11.2. The third-order valence-electron chi connectivity index (χ3n) is 3.55. The van der Waals surface area contributed by atoms with Crippen molar-refractivity contribution < 1.29 is 14.3 Å². The largest absolute Gasteiger partial charge is 0.382 e. The molecule has 0 unspecified atom stereocenters. The molecule has 0 aromatic rings. The summed E-state index contributed by atoms with van der Waals surface area (Å²) < 4.78 is 5.31. The van der Waals surface area contributed by atoms with Crippen molar-refractivity contribution in [1.29, 1.82) is 0 Å². The van der Waals surface area contributed by atoms with E-state index in [1.165, 1.54) is 39.2 Å². The van der Waals surface area contributed by atoms with Crippen LogP contribution in [0, 0.1) is 0 Å². The predicted molar refractivity (Wildman–Crippen MR) is 94.3 cm³/mol. The molecule has 0 bridgehead atoms. The quantitative estimate of drug-likeness (QED) is 0.293. The van der Waals surface area contributed by atoms with Gasteiger partial charge in [-0.25, -0.2) is 0 Å². The molecular weight excluding hydrogens is 292 g/mol. The van der Waals surface area contributed by atoms with Crippen LogP contribution in [0.15, 0.2) is 12.2 Å². The van der Waals surface area contributed by atoms with Crippen molar-refractivity contribution >= 4 is 11.8 Å². The molecule has 0 aromatic carbocycles. The molecule has 2 N–H and O–H groups in total. The number of rotatable bonds is 14. The SMILES string of the molecule is CCOCCCCCCC/C=C\CCCCNC(=O)C(=O)NC. The Bertz CT molecular complexity index is 330. The van der Waals surface area contributed by atoms with E-state index in [0.29, 0.717) is 6.54 Å². The highest BCUT2D eigenvalue weighted by Crippen LogP contribution is 2.06. The number of ether oxygens (including phenoxy) is 1. The van der Waals surface area contributed by atoms with Gasteiger partial charge in [0.15, 0.2) is 0 Å². The number of amides is 2. The Labute approximate surface area is 141 Å². The van der Waals surface area contributed by atoms with E-state index in [2.05, 4.69) is 22.8 Å². The van der Waals surface area contributed by atoms with Crippen LogP contribution in [0.25, 0.3) is 0 Å². The molecule has 0 spiro atoms.